The Morgan fingerprint density at radius 2 is 2.05 bits per heavy atom. The molecule has 0 unspecified atom stereocenters. The van der Waals surface area contributed by atoms with Crippen molar-refractivity contribution in [2.75, 3.05) is 0 Å². The van der Waals surface area contributed by atoms with E-state index in [4.69, 9.17) is 4.52 Å². The minimum Gasteiger partial charge on any atom is -0.349 e. The van der Waals surface area contributed by atoms with E-state index in [0.29, 0.717) is 23.2 Å². The molecule has 5 heteroatoms. The first-order valence-corrected chi connectivity index (χ1v) is 7.80. The Bertz CT molecular complexity index is 697. The van der Waals surface area contributed by atoms with Crippen molar-refractivity contribution in [2.24, 2.45) is 0 Å². The van der Waals surface area contributed by atoms with E-state index in [1.807, 2.05) is 13.0 Å². The largest absolute Gasteiger partial charge is 0.349 e. The number of aromatic nitrogens is 2. The summed E-state index contributed by atoms with van der Waals surface area (Å²) in [7, 11) is 0. The van der Waals surface area contributed by atoms with Crippen molar-refractivity contribution in [3.05, 3.63) is 23.0 Å². The highest BCUT2D eigenvalue weighted by Crippen LogP contribution is 2.40. The van der Waals surface area contributed by atoms with Crippen LogP contribution in [0.5, 0.6) is 0 Å². The summed E-state index contributed by atoms with van der Waals surface area (Å²) in [5, 5.41) is 7.89. The molecule has 4 rings (SSSR count). The van der Waals surface area contributed by atoms with Gasteiger partial charge < -0.3 is 9.84 Å². The van der Waals surface area contributed by atoms with Gasteiger partial charge in [-0.15, -0.1) is 0 Å². The number of carbonyl (C=O) groups excluding carboxylic acids is 1. The number of aryl methyl sites for hydroxylation is 1. The van der Waals surface area contributed by atoms with Gasteiger partial charge in [0.25, 0.3) is 11.6 Å². The normalized spacial score (nSPS) is 19.3. The van der Waals surface area contributed by atoms with Gasteiger partial charge in [0.05, 0.1) is 16.6 Å². The molecule has 0 aromatic carbocycles. The van der Waals surface area contributed by atoms with E-state index in [1.54, 1.807) is 0 Å². The van der Waals surface area contributed by atoms with Crippen molar-refractivity contribution in [3.63, 3.8) is 0 Å². The second-order valence-electron chi connectivity index (χ2n) is 6.27. The average Bonchev–Trinajstić information content (AvgIpc) is 3.10. The summed E-state index contributed by atoms with van der Waals surface area (Å²) < 4.78 is 5.29. The van der Waals surface area contributed by atoms with Crippen LogP contribution >= 0.6 is 0 Å². The topological polar surface area (TPSA) is 68.0 Å². The lowest BCUT2D eigenvalue weighted by Gasteiger charge is -2.13. The quantitative estimate of drug-likeness (QED) is 0.941. The number of amides is 1. The molecule has 2 aromatic heterocycles. The van der Waals surface area contributed by atoms with Gasteiger partial charge >= 0.3 is 0 Å². The van der Waals surface area contributed by atoms with Crippen LogP contribution in [-0.2, 0) is 0 Å². The highest BCUT2D eigenvalue weighted by molar-refractivity contribution is 6.06. The second kappa shape index (κ2) is 4.83. The molecular weight excluding hydrogens is 266 g/mol. The number of pyridine rings is 1. The first kappa shape index (κ1) is 12.8. The Morgan fingerprint density at radius 1 is 1.29 bits per heavy atom. The number of hydrogen-bond acceptors (Lipinski definition) is 4. The molecule has 21 heavy (non-hydrogen) atoms. The minimum atomic E-state index is -0.0116. The molecule has 2 aliphatic rings. The van der Waals surface area contributed by atoms with Crippen LogP contribution < -0.4 is 5.32 Å². The van der Waals surface area contributed by atoms with Crippen molar-refractivity contribution in [1.82, 2.24) is 15.5 Å². The van der Waals surface area contributed by atoms with Gasteiger partial charge in [0.15, 0.2) is 0 Å². The van der Waals surface area contributed by atoms with E-state index >= 15 is 0 Å². The van der Waals surface area contributed by atoms with Crippen LogP contribution in [0.2, 0.25) is 0 Å². The van der Waals surface area contributed by atoms with Gasteiger partial charge in [0.2, 0.25) is 0 Å². The van der Waals surface area contributed by atoms with Crippen LogP contribution in [0, 0.1) is 6.92 Å². The molecule has 2 heterocycles. The monoisotopic (exact) mass is 285 g/mol. The van der Waals surface area contributed by atoms with Gasteiger partial charge in [-0.3, -0.25) is 4.79 Å². The number of rotatable bonds is 3. The summed E-state index contributed by atoms with van der Waals surface area (Å²) in [5.41, 5.74) is 2.87. The van der Waals surface area contributed by atoms with Gasteiger partial charge in [0, 0.05) is 17.7 Å². The van der Waals surface area contributed by atoms with Crippen LogP contribution in [0.3, 0.4) is 0 Å². The third kappa shape index (κ3) is 2.30. The van der Waals surface area contributed by atoms with Crippen molar-refractivity contribution < 1.29 is 9.32 Å². The molecule has 2 aromatic rings. The maximum absolute atomic E-state index is 12.7. The maximum atomic E-state index is 12.7. The summed E-state index contributed by atoms with van der Waals surface area (Å²) in [5.74, 6) is 0.473. The summed E-state index contributed by atoms with van der Waals surface area (Å²) in [6.45, 7) is 1.86. The number of nitrogens with zero attached hydrogens (tertiary/aromatic N) is 2. The van der Waals surface area contributed by atoms with Crippen LogP contribution in [0.4, 0.5) is 0 Å². The molecular formula is C16H19N3O2. The highest BCUT2D eigenvalue weighted by atomic mass is 16.5. The fourth-order valence-corrected chi connectivity index (χ4v) is 3.21. The molecule has 0 saturated heterocycles. The first-order chi connectivity index (χ1) is 10.2. The van der Waals surface area contributed by atoms with Gasteiger partial charge in [-0.2, -0.15) is 0 Å². The smallest absolute Gasteiger partial charge is 0.259 e. The van der Waals surface area contributed by atoms with E-state index in [-0.39, 0.29) is 5.91 Å². The third-order valence-corrected chi connectivity index (χ3v) is 4.57. The first-order valence-electron chi connectivity index (χ1n) is 7.80. The lowest BCUT2D eigenvalue weighted by molar-refractivity contribution is 0.0939. The molecule has 0 radical (unpaired) electrons. The van der Waals surface area contributed by atoms with Crippen LogP contribution in [0.25, 0.3) is 11.1 Å². The molecule has 2 fully saturated rings. The molecule has 0 atom stereocenters. The van der Waals surface area contributed by atoms with Gasteiger partial charge in [0.1, 0.15) is 0 Å². The standard InChI is InChI=1S/C16H19N3O2/c1-9-14-12(15(20)17-11-4-2-3-5-11)8-13(10-6-7-10)18-16(14)21-19-9/h8,10-11H,2-7H2,1H3,(H,17,20). The van der Waals surface area contributed by atoms with E-state index in [1.165, 1.54) is 12.8 Å². The zero-order valence-electron chi connectivity index (χ0n) is 12.2. The Balaban J connectivity index is 1.73. The van der Waals surface area contributed by atoms with Crippen molar-refractivity contribution >= 4 is 17.0 Å². The Hall–Kier alpha value is -1.91. The number of fused-ring (bicyclic) bond motifs is 1. The van der Waals surface area contributed by atoms with Crippen molar-refractivity contribution in [2.45, 2.75) is 57.4 Å². The van der Waals surface area contributed by atoms with Crippen LogP contribution in [-0.4, -0.2) is 22.1 Å². The SMILES string of the molecule is Cc1noc2nc(C3CC3)cc(C(=O)NC3CCCC3)c12. The molecule has 2 aliphatic carbocycles. The summed E-state index contributed by atoms with van der Waals surface area (Å²) in [6.07, 6.45) is 6.87. The fraction of sp³-hybridized carbons (Fsp3) is 0.562. The number of nitrogens with one attached hydrogen (secondary N) is 1. The number of carbonyl (C=O) groups is 1. The number of hydrogen-bond donors (Lipinski definition) is 1. The highest BCUT2D eigenvalue weighted by Gasteiger charge is 2.29. The molecule has 0 aliphatic heterocycles. The zero-order valence-corrected chi connectivity index (χ0v) is 12.2. The Kier molecular flexibility index (Phi) is 2.94. The lowest BCUT2D eigenvalue weighted by Crippen LogP contribution is -2.32. The molecule has 1 N–H and O–H groups in total. The van der Waals surface area contributed by atoms with Crippen LogP contribution in [0.15, 0.2) is 10.6 Å². The predicted octanol–water partition coefficient (Wildman–Crippen LogP) is 3.08. The average molecular weight is 285 g/mol. The van der Waals surface area contributed by atoms with E-state index < -0.39 is 0 Å². The van der Waals surface area contributed by atoms with Gasteiger partial charge in [-0.25, -0.2) is 4.98 Å². The Labute approximate surface area is 123 Å². The lowest BCUT2D eigenvalue weighted by atomic mass is 10.1. The van der Waals surface area contributed by atoms with Gasteiger partial charge in [-0.05, 0) is 38.7 Å². The zero-order chi connectivity index (χ0) is 14.4. The van der Waals surface area contributed by atoms with E-state index in [9.17, 15) is 4.79 Å². The summed E-state index contributed by atoms with van der Waals surface area (Å²) >= 11 is 0. The molecule has 2 saturated carbocycles. The van der Waals surface area contributed by atoms with Crippen molar-refractivity contribution in [1.29, 1.82) is 0 Å². The van der Waals surface area contributed by atoms with Gasteiger partial charge in [-0.1, -0.05) is 18.0 Å². The molecule has 1 amide bonds. The van der Waals surface area contributed by atoms with E-state index in [2.05, 4.69) is 15.5 Å². The predicted molar refractivity (Wildman–Crippen MR) is 78.2 cm³/mol. The van der Waals surface area contributed by atoms with Crippen LogP contribution in [0.1, 0.15) is 66.2 Å². The third-order valence-electron chi connectivity index (χ3n) is 4.57. The molecule has 0 bridgehead atoms. The molecule has 110 valence electrons. The van der Waals surface area contributed by atoms with Crippen molar-refractivity contribution in [3.8, 4) is 0 Å². The molecule has 5 nitrogen and oxygen atoms in total. The fourth-order valence-electron chi connectivity index (χ4n) is 3.21. The summed E-state index contributed by atoms with van der Waals surface area (Å²) in [4.78, 5) is 17.2. The van der Waals surface area contributed by atoms with E-state index in [0.717, 1.165) is 42.5 Å². The Morgan fingerprint density at radius 3 is 2.76 bits per heavy atom. The maximum Gasteiger partial charge on any atom is 0.259 e. The minimum absolute atomic E-state index is 0.0116. The second-order valence-corrected chi connectivity index (χ2v) is 6.27. The molecule has 0 spiro atoms. The summed E-state index contributed by atoms with van der Waals surface area (Å²) in [6, 6.07) is 2.25.